The lowest BCUT2D eigenvalue weighted by Gasteiger charge is -2.28. The number of benzene rings is 2. The largest absolute Gasteiger partial charge is 0.205 e. The highest BCUT2D eigenvalue weighted by Gasteiger charge is 2.23. The van der Waals surface area contributed by atoms with Crippen molar-refractivity contribution in [2.75, 3.05) is 0 Å². The Labute approximate surface area is 162 Å². The molecule has 0 saturated carbocycles. The maximum Gasteiger partial charge on any atom is 0.145 e. The van der Waals surface area contributed by atoms with Crippen LogP contribution >= 0.6 is 11.6 Å². The van der Waals surface area contributed by atoms with E-state index < -0.39 is 25.5 Å². The summed E-state index contributed by atoms with van der Waals surface area (Å²) in [6, 6.07) is 15.2. The van der Waals surface area contributed by atoms with Gasteiger partial charge >= 0.3 is 0 Å². The number of unbranched alkanes of at least 4 members (excludes halogenated alkanes) is 2. The molecule has 0 nitrogen and oxygen atoms in total. The summed E-state index contributed by atoms with van der Waals surface area (Å²) >= 11 is 5.57. The van der Waals surface area contributed by atoms with E-state index in [1.165, 1.54) is 67.9 Å². The Bertz CT molecular complexity index is 698. The first-order chi connectivity index (χ1) is 12.6. The number of rotatable bonds is 6. The fourth-order valence-electron chi connectivity index (χ4n) is 4.14. The van der Waals surface area contributed by atoms with E-state index in [4.69, 9.17) is 11.6 Å². The molecular formula is C22H27ClF2Si. The molecule has 1 heterocycles. The standard InChI is InChI=1S/C22H27ClF2Si/c1-2-3-4-11-26-12-9-18(10-13-26)16-5-7-17(8-6-16)19-14-20(24)22(23)21(25)15-19/h5-8,14-15,18,26H,2-4,9-13H2,1H3. The SMILES string of the molecule is CCCCC[SiH]1CCC(c2ccc(-c3cc(F)c(Cl)c(F)c3)cc2)CC1. The molecule has 0 amide bonds. The minimum Gasteiger partial charge on any atom is -0.205 e. The van der Waals surface area contributed by atoms with Crippen molar-refractivity contribution in [2.45, 2.75) is 63.1 Å². The number of halogens is 3. The Balaban J connectivity index is 1.62. The zero-order valence-electron chi connectivity index (χ0n) is 15.4. The van der Waals surface area contributed by atoms with Gasteiger partial charge in [0.05, 0.1) is 0 Å². The van der Waals surface area contributed by atoms with E-state index in [0.29, 0.717) is 11.5 Å². The Morgan fingerprint density at radius 2 is 1.58 bits per heavy atom. The van der Waals surface area contributed by atoms with Gasteiger partial charge in [-0.3, -0.25) is 0 Å². The van der Waals surface area contributed by atoms with Gasteiger partial charge in [-0.25, -0.2) is 8.78 Å². The molecule has 0 spiro atoms. The van der Waals surface area contributed by atoms with Gasteiger partial charge in [0.2, 0.25) is 0 Å². The van der Waals surface area contributed by atoms with Gasteiger partial charge in [0.1, 0.15) is 16.7 Å². The van der Waals surface area contributed by atoms with Crippen LogP contribution in [0.3, 0.4) is 0 Å². The van der Waals surface area contributed by atoms with E-state index in [9.17, 15) is 8.78 Å². The second kappa shape index (κ2) is 9.14. The van der Waals surface area contributed by atoms with Crippen molar-refractivity contribution in [3.63, 3.8) is 0 Å². The van der Waals surface area contributed by atoms with Crippen molar-refractivity contribution in [1.29, 1.82) is 0 Å². The molecule has 0 N–H and O–H groups in total. The molecule has 26 heavy (non-hydrogen) atoms. The van der Waals surface area contributed by atoms with Crippen LogP contribution in [0.5, 0.6) is 0 Å². The zero-order chi connectivity index (χ0) is 18.5. The third kappa shape index (κ3) is 4.75. The maximum atomic E-state index is 13.7. The van der Waals surface area contributed by atoms with Crippen LogP contribution in [0.1, 0.15) is 50.5 Å². The third-order valence-electron chi connectivity index (χ3n) is 5.76. The lowest BCUT2D eigenvalue weighted by molar-refractivity contribution is 0.585. The summed E-state index contributed by atoms with van der Waals surface area (Å²) in [5, 5.41) is -0.440. The first-order valence-corrected chi connectivity index (χ1v) is 12.7. The molecule has 0 aromatic heterocycles. The summed E-state index contributed by atoms with van der Waals surface area (Å²) in [6.45, 7) is 2.27. The van der Waals surface area contributed by atoms with E-state index in [1.807, 2.05) is 12.1 Å². The summed E-state index contributed by atoms with van der Waals surface area (Å²) in [5.74, 6) is -0.771. The number of hydrogen-bond acceptors (Lipinski definition) is 0. The van der Waals surface area contributed by atoms with Gasteiger partial charge in [-0.05, 0) is 47.6 Å². The first kappa shape index (κ1) is 19.6. The smallest absolute Gasteiger partial charge is 0.145 e. The first-order valence-electron chi connectivity index (χ1n) is 9.83. The second-order valence-corrected chi connectivity index (χ2v) is 11.4. The normalized spacial score (nSPS) is 20.3. The molecule has 140 valence electrons. The summed E-state index contributed by atoms with van der Waals surface area (Å²) in [4.78, 5) is 0. The maximum absolute atomic E-state index is 13.7. The second-order valence-electron chi connectivity index (χ2n) is 7.59. The number of hydrogen-bond donors (Lipinski definition) is 0. The molecule has 0 unspecified atom stereocenters. The summed E-state index contributed by atoms with van der Waals surface area (Å²) in [6.07, 6.45) is 6.76. The molecular weight excluding hydrogens is 366 g/mol. The minimum absolute atomic E-state index is 0.440. The van der Waals surface area contributed by atoms with Crippen molar-refractivity contribution in [2.24, 2.45) is 0 Å². The Morgan fingerprint density at radius 3 is 2.15 bits per heavy atom. The van der Waals surface area contributed by atoms with Gasteiger partial charge < -0.3 is 0 Å². The molecule has 3 rings (SSSR count). The van der Waals surface area contributed by atoms with Crippen LogP contribution in [-0.4, -0.2) is 8.80 Å². The molecule has 4 heteroatoms. The van der Waals surface area contributed by atoms with Gasteiger partial charge in [-0.1, -0.05) is 80.2 Å². The Kier molecular flexibility index (Phi) is 6.88. The molecule has 0 radical (unpaired) electrons. The van der Waals surface area contributed by atoms with Crippen LogP contribution in [-0.2, 0) is 0 Å². The molecule has 1 fully saturated rings. The van der Waals surface area contributed by atoms with Crippen molar-refractivity contribution < 1.29 is 8.78 Å². The average molecular weight is 393 g/mol. The fourth-order valence-corrected chi connectivity index (χ4v) is 7.73. The van der Waals surface area contributed by atoms with Gasteiger partial charge in [0.25, 0.3) is 0 Å². The van der Waals surface area contributed by atoms with E-state index >= 15 is 0 Å². The van der Waals surface area contributed by atoms with Gasteiger partial charge in [-0.2, -0.15) is 0 Å². The molecule has 0 atom stereocenters. The lowest BCUT2D eigenvalue weighted by Crippen LogP contribution is -2.20. The predicted molar refractivity (Wildman–Crippen MR) is 110 cm³/mol. The quantitative estimate of drug-likeness (QED) is 0.270. The molecule has 1 aliphatic rings. The monoisotopic (exact) mass is 392 g/mol. The highest BCUT2D eigenvalue weighted by molar-refractivity contribution is 6.59. The highest BCUT2D eigenvalue weighted by atomic mass is 35.5. The topological polar surface area (TPSA) is 0 Å². The summed E-state index contributed by atoms with van der Waals surface area (Å²) < 4.78 is 27.4. The summed E-state index contributed by atoms with van der Waals surface area (Å²) in [5.41, 5.74) is 2.72. The van der Waals surface area contributed by atoms with E-state index in [2.05, 4.69) is 19.1 Å². The molecule has 1 aliphatic heterocycles. The predicted octanol–water partition coefficient (Wildman–Crippen LogP) is 7.58. The van der Waals surface area contributed by atoms with Crippen LogP contribution in [0.2, 0.25) is 23.2 Å². The van der Waals surface area contributed by atoms with E-state index in [-0.39, 0.29) is 0 Å². The minimum atomic E-state index is -0.711. The van der Waals surface area contributed by atoms with Crippen LogP contribution in [0, 0.1) is 11.6 Å². The Morgan fingerprint density at radius 1 is 0.962 bits per heavy atom. The molecule has 1 saturated heterocycles. The third-order valence-corrected chi connectivity index (χ3v) is 9.65. The average Bonchev–Trinajstić information content (AvgIpc) is 2.67. The van der Waals surface area contributed by atoms with Crippen molar-refractivity contribution in [3.05, 3.63) is 58.6 Å². The fraction of sp³-hybridized carbons (Fsp3) is 0.455. The van der Waals surface area contributed by atoms with Gasteiger partial charge in [0.15, 0.2) is 0 Å². The van der Waals surface area contributed by atoms with E-state index in [0.717, 1.165) is 5.56 Å². The van der Waals surface area contributed by atoms with Crippen LogP contribution in [0.15, 0.2) is 36.4 Å². The van der Waals surface area contributed by atoms with E-state index in [1.54, 1.807) is 0 Å². The van der Waals surface area contributed by atoms with Crippen molar-refractivity contribution in [1.82, 2.24) is 0 Å². The molecule has 0 bridgehead atoms. The summed E-state index contributed by atoms with van der Waals surface area (Å²) in [7, 11) is -0.491. The van der Waals surface area contributed by atoms with Crippen molar-refractivity contribution in [3.8, 4) is 11.1 Å². The molecule has 2 aromatic rings. The van der Waals surface area contributed by atoms with Gasteiger partial charge in [-0.15, -0.1) is 0 Å². The van der Waals surface area contributed by atoms with Crippen LogP contribution in [0.4, 0.5) is 8.78 Å². The highest BCUT2D eigenvalue weighted by Crippen LogP contribution is 2.36. The van der Waals surface area contributed by atoms with Crippen LogP contribution in [0.25, 0.3) is 11.1 Å². The van der Waals surface area contributed by atoms with Gasteiger partial charge in [0, 0.05) is 8.80 Å². The van der Waals surface area contributed by atoms with Crippen LogP contribution < -0.4 is 0 Å². The molecule has 2 aromatic carbocycles. The van der Waals surface area contributed by atoms with Crippen molar-refractivity contribution >= 4 is 20.4 Å². The zero-order valence-corrected chi connectivity index (χ0v) is 17.3. The lowest BCUT2D eigenvalue weighted by atomic mass is 9.92. The Hall–Kier alpha value is -1.19. The molecule has 0 aliphatic carbocycles.